The van der Waals surface area contributed by atoms with E-state index in [2.05, 4.69) is 37.4 Å². The van der Waals surface area contributed by atoms with Crippen LogP contribution in [-0.4, -0.2) is 0 Å². The Morgan fingerprint density at radius 1 is 0.944 bits per heavy atom. The number of aryl methyl sites for hydroxylation is 2. The number of nitrogens with one attached hydrogen (secondary N) is 1. The van der Waals surface area contributed by atoms with E-state index < -0.39 is 0 Å². The summed E-state index contributed by atoms with van der Waals surface area (Å²) in [6.07, 6.45) is 0. The van der Waals surface area contributed by atoms with Crippen molar-refractivity contribution >= 4 is 28.9 Å². The van der Waals surface area contributed by atoms with Crippen LogP contribution < -0.4 is 5.32 Å². The summed E-state index contributed by atoms with van der Waals surface area (Å²) in [5.41, 5.74) is 4.72. The number of hydrogen-bond donors (Lipinski definition) is 1. The number of rotatable bonds is 3. The maximum atomic E-state index is 6.14. The van der Waals surface area contributed by atoms with Crippen molar-refractivity contribution in [1.82, 2.24) is 0 Å². The predicted molar refractivity (Wildman–Crippen MR) is 79.7 cm³/mol. The summed E-state index contributed by atoms with van der Waals surface area (Å²) >= 11 is 12.1. The van der Waals surface area contributed by atoms with Crippen molar-refractivity contribution in [1.29, 1.82) is 0 Å². The van der Waals surface area contributed by atoms with Crippen molar-refractivity contribution in [2.24, 2.45) is 0 Å². The summed E-state index contributed by atoms with van der Waals surface area (Å²) in [4.78, 5) is 0. The van der Waals surface area contributed by atoms with Crippen molar-refractivity contribution in [2.45, 2.75) is 20.4 Å². The fraction of sp³-hybridized carbons (Fsp3) is 0.200. The molecule has 0 saturated heterocycles. The first kappa shape index (κ1) is 13.3. The minimum atomic E-state index is 0.572. The molecule has 0 aromatic heterocycles. The quantitative estimate of drug-likeness (QED) is 0.812. The van der Waals surface area contributed by atoms with E-state index in [-0.39, 0.29) is 0 Å². The van der Waals surface area contributed by atoms with Crippen LogP contribution in [0.3, 0.4) is 0 Å². The van der Waals surface area contributed by atoms with E-state index in [0.29, 0.717) is 10.0 Å². The second-order valence-corrected chi connectivity index (χ2v) is 5.11. The van der Waals surface area contributed by atoms with Crippen LogP contribution in [0.5, 0.6) is 0 Å². The lowest BCUT2D eigenvalue weighted by molar-refractivity contribution is 1.09. The highest BCUT2D eigenvalue weighted by Crippen LogP contribution is 2.30. The molecule has 0 aliphatic carbocycles. The third-order valence-electron chi connectivity index (χ3n) is 3.05. The summed E-state index contributed by atoms with van der Waals surface area (Å²) in [6, 6.07) is 11.9. The Bertz CT molecular complexity index is 544. The molecule has 3 heteroatoms. The van der Waals surface area contributed by atoms with Crippen LogP contribution >= 0.6 is 23.2 Å². The monoisotopic (exact) mass is 279 g/mol. The summed E-state index contributed by atoms with van der Waals surface area (Å²) in [5.74, 6) is 0. The first-order valence-electron chi connectivity index (χ1n) is 5.82. The maximum Gasteiger partial charge on any atom is 0.0823 e. The van der Waals surface area contributed by atoms with E-state index in [9.17, 15) is 0 Å². The van der Waals surface area contributed by atoms with Crippen molar-refractivity contribution in [3.63, 3.8) is 0 Å². The van der Waals surface area contributed by atoms with Gasteiger partial charge in [0.15, 0.2) is 0 Å². The third kappa shape index (κ3) is 2.80. The summed E-state index contributed by atoms with van der Waals surface area (Å²) in [7, 11) is 0. The van der Waals surface area contributed by atoms with E-state index in [4.69, 9.17) is 23.2 Å². The Labute approximate surface area is 118 Å². The highest BCUT2D eigenvalue weighted by Gasteiger charge is 2.06. The van der Waals surface area contributed by atoms with Gasteiger partial charge in [-0.25, -0.2) is 0 Å². The Morgan fingerprint density at radius 2 is 1.56 bits per heavy atom. The lowest BCUT2D eigenvalue weighted by atomic mass is 10.0. The molecule has 94 valence electrons. The molecule has 18 heavy (non-hydrogen) atoms. The molecular formula is C15H15Cl2N. The normalized spacial score (nSPS) is 10.4. The smallest absolute Gasteiger partial charge is 0.0823 e. The minimum Gasteiger partial charge on any atom is -0.380 e. The van der Waals surface area contributed by atoms with E-state index >= 15 is 0 Å². The lowest BCUT2D eigenvalue weighted by Gasteiger charge is -2.13. The van der Waals surface area contributed by atoms with Gasteiger partial charge in [-0.05, 0) is 42.7 Å². The molecule has 0 saturated carbocycles. The maximum absolute atomic E-state index is 6.14. The van der Waals surface area contributed by atoms with Gasteiger partial charge in [0.1, 0.15) is 0 Å². The zero-order chi connectivity index (χ0) is 13.1. The summed E-state index contributed by atoms with van der Waals surface area (Å²) in [5, 5.41) is 4.48. The number of anilines is 1. The number of halogens is 2. The zero-order valence-corrected chi connectivity index (χ0v) is 11.9. The molecule has 2 aromatic carbocycles. The van der Waals surface area contributed by atoms with Gasteiger partial charge in [0.2, 0.25) is 0 Å². The van der Waals surface area contributed by atoms with E-state index in [1.807, 2.05) is 12.1 Å². The summed E-state index contributed by atoms with van der Waals surface area (Å²) < 4.78 is 0. The molecule has 0 radical (unpaired) electrons. The molecule has 0 aliphatic heterocycles. The number of hydrogen-bond acceptors (Lipinski definition) is 1. The molecule has 2 aromatic rings. The van der Waals surface area contributed by atoms with Gasteiger partial charge in [-0.15, -0.1) is 0 Å². The van der Waals surface area contributed by atoms with Crippen molar-refractivity contribution in [3.8, 4) is 0 Å². The molecule has 0 unspecified atom stereocenters. The molecule has 0 fully saturated rings. The van der Waals surface area contributed by atoms with E-state index in [1.54, 1.807) is 6.07 Å². The second kappa shape index (κ2) is 5.64. The van der Waals surface area contributed by atoms with Crippen molar-refractivity contribution in [3.05, 3.63) is 63.1 Å². The zero-order valence-electron chi connectivity index (χ0n) is 10.4. The van der Waals surface area contributed by atoms with Crippen LogP contribution in [-0.2, 0) is 6.54 Å². The van der Waals surface area contributed by atoms with Crippen molar-refractivity contribution < 1.29 is 0 Å². The van der Waals surface area contributed by atoms with E-state index in [1.165, 1.54) is 16.7 Å². The Hall–Kier alpha value is -1.18. The first-order chi connectivity index (χ1) is 8.59. The molecule has 1 nitrogen and oxygen atoms in total. The fourth-order valence-electron chi connectivity index (χ4n) is 1.95. The van der Waals surface area contributed by atoms with E-state index in [0.717, 1.165) is 12.2 Å². The Morgan fingerprint density at radius 3 is 2.22 bits per heavy atom. The second-order valence-electron chi connectivity index (χ2n) is 4.33. The average Bonchev–Trinajstić information content (AvgIpc) is 2.33. The third-order valence-corrected chi connectivity index (χ3v) is 3.87. The molecule has 0 spiro atoms. The predicted octanol–water partition coefficient (Wildman–Crippen LogP) is 5.22. The van der Waals surface area contributed by atoms with Gasteiger partial charge in [0, 0.05) is 6.54 Å². The standard InChI is InChI=1S/C15H15Cl2N/c1-10-5-3-6-11(2)12(10)9-18-14-8-4-7-13(16)15(14)17/h3-8,18H,9H2,1-2H3. The van der Waals surface area contributed by atoms with Crippen LogP contribution in [0, 0.1) is 13.8 Å². The fourth-order valence-corrected chi connectivity index (χ4v) is 2.32. The van der Waals surface area contributed by atoms with Crippen LogP contribution in [0.1, 0.15) is 16.7 Å². The molecule has 2 rings (SSSR count). The van der Waals surface area contributed by atoms with Crippen LogP contribution in [0.4, 0.5) is 5.69 Å². The molecule has 0 amide bonds. The highest BCUT2D eigenvalue weighted by molar-refractivity contribution is 6.43. The van der Waals surface area contributed by atoms with Crippen LogP contribution in [0.2, 0.25) is 10.0 Å². The van der Waals surface area contributed by atoms with Gasteiger partial charge in [-0.3, -0.25) is 0 Å². The molecule has 1 N–H and O–H groups in total. The van der Waals surface area contributed by atoms with Gasteiger partial charge in [0.05, 0.1) is 15.7 Å². The lowest BCUT2D eigenvalue weighted by Crippen LogP contribution is -2.03. The Kier molecular flexibility index (Phi) is 4.15. The number of benzene rings is 2. The topological polar surface area (TPSA) is 12.0 Å². The molecule has 0 aliphatic rings. The average molecular weight is 280 g/mol. The van der Waals surface area contributed by atoms with Crippen molar-refractivity contribution in [2.75, 3.05) is 5.32 Å². The van der Waals surface area contributed by atoms with Gasteiger partial charge in [-0.2, -0.15) is 0 Å². The first-order valence-corrected chi connectivity index (χ1v) is 6.58. The van der Waals surface area contributed by atoms with Gasteiger partial charge < -0.3 is 5.32 Å². The van der Waals surface area contributed by atoms with Crippen LogP contribution in [0.15, 0.2) is 36.4 Å². The largest absolute Gasteiger partial charge is 0.380 e. The van der Waals surface area contributed by atoms with Crippen LogP contribution in [0.25, 0.3) is 0 Å². The minimum absolute atomic E-state index is 0.572. The Balaban J connectivity index is 2.19. The molecule has 0 atom stereocenters. The van der Waals surface area contributed by atoms with Gasteiger partial charge >= 0.3 is 0 Å². The summed E-state index contributed by atoms with van der Waals surface area (Å²) in [6.45, 7) is 4.98. The highest BCUT2D eigenvalue weighted by atomic mass is 35.5. The van der Waals surface area contributed by atoms with Gasteiger partial charge in [-0.1, -0.05) is 47.5 Å². The van der Waals surface area contributed by atoms with Gasteiger partial charge in [0.25, 0.3) is 0 Å². The molecule has 0 bridgehead atoms. The molecule has 0 heterocycles. The molecular weight excluding hydrogens is 265 g/mol. The SMILES string of the molecule is Cc1cccc(C)c1CNc1cccc(Cl)c1Cl.